The molecule has 0 unspecified atom stereocenters. The highest BCUT2D eigenvalue weighted by Crippen LogP contribution is 2.25. The minimum atomic E-state index is 0.630. The standard InChI is InChI=1S/C23H30ClNO2/c24-14-4-18-26-22-10-6-20(7-11-22)21-8-12-23(13-9-21)27-19-5-17-25-15-2-1-3-16-25/h6-13H,1-5,14-19H2. The Bertz CT molecular complexity index is 651. The molecule has 0 N–H and O–H groups in total. The fraction of sp³-hybridized carbons (Fsp3) is 0.478. The number of ether oxygens (including phenoxy) is 2. The minimum absolute atomic E-state index is 0.630. The lowest BCUT2D eigenvalue weighted by molar-refractivity contribution is 0.205. The van der Waals surface area contributed by atoms with Crippen molar-refractivity contribution >= 4 is 11.6 Å². The van der Waals surface area contributed by atoms with E-state index in [-0.39, 0.29) is 0 Å². The highest BCUT2D eigenvalue weighted by molar-refractivity contribution is 6.17. The van der Waals surface area contributed by atoms with Crippen LogP contribution in [-0.2, 0) is 0 Å². The van der Waals surface area contributed by atoms with E-state index in [1.807, 2.05) is 12.1 Å². The van der Waals surface area contributed by atoms with Crippen molar-refractivity contribution in [2.24, 2.45) is 0 Å². The average Bonchev–Trinajstić information content (AvgIpc) is 2.73. The summed E-state index contributed by atoms with van der Waals surface area (Å²) in [5.74, 6) is 2.46. The number of hydrogen-bond donors (Lipinski definition) is 0. The molecular weight excluding hydrogens is 358 g/mol. The quantitative estimate of drug-likeness (QED) is 0.390. The SMILES string of the molecule is ClCCCOc1ccc(-c2ccc(OCCCN3CCCCC3)cc2)cc1. The summed E-state index contributed by atoms with van der Waals surface area (Å²) in [5.41, 5.74) is 2.36. The Morgan fingerprint density at radius 2 is 1.22 bits per heavy atom. The zero-order chi connectivity index (χ0) is 18.7. The number of hydrogen-bond acceptors (Lipinski definition) is 3. The van der Waals surface area contributed by atoms with Crippen LogP contribution in [0.15, 0.2) is 48.5 Å². The summed E-state index contributed by atoms with van der Waals surface area (Å²) in [6, 6.07) is 16.5. The zero-order valence-corrected chi connectivity index (χ0v) is 16.8. The molecule has 0 bridgehead atoms. The molecule has 2 aromatic carbocycles. The maximum atomic E-state index is 5.90. The van der Waals surface area contributed by atoms with Crippen molar-refractivity contribution in [3.05, 3.63) is 48.5 Å². The molecule has 2 aromatic rings. The van der Waals surface area contributed by atoms with Gasteiger partial charge in [0.2, 0.25) is 0 Å². The molecule has 1 fully saturated rings. The Balaban J connectivity index is 1.42. The summed E-state index contributed by atoms with van der Waals surface area (Å²) in [7, 11) is 0. The number of benzene rings is 2. The Hall–Kier alpha value is -1.71. The van der Waals surface area contributed by atoms with Crippen LogP contribution in [0.25, 0.3) is 11.1 Å². The molecule has 0 saturated carbocycles. The normalized spacial score (nSPS) is 14.9. The monoisotopic (exact) mass is 387 g/mol. The lowest BCUT2D eigenvalue weighted by atomic mass is 10.1. The first-order chi connectivity index (χ1) is 13.3. The van der Waals surface area contributed by atoms with Gasteiger partial charge in [-0.2, -0.15) is 0 Å². The fourth-order valence-corrected chi connectivity index (χ4v) is 3.50. The average molecular weight is 388 g/mol. The number of likely N-dealkylation sites (tertiary alicyclic amines) is 1. The number of halogens is 1. The lowest BCUT2D eigenvalue weighted by Crippen LogP contribution is -2.31. The topological polar surface area (TPSA) is 21.7 Å². The van der Waals surface area contributed by atoms with Gasteiger partial charge in [-0.05, 0) is 74.2 Å². The van der Waals surface area contributed by atoms with Gasteiger partial charge in [-0.25, -0.2) is 0 Å². The van der Waals surface area contributed by atoms with E-state index in [1.54, 1.807) is 0 Å². The van der Waals surface area contributed by atoms with E-state index >= 15 is 0 Å². The van der Waals surface area contributed by atoms with Crippen molar-refractivity contribution in [3.8, 4) is 22.6 Å². The highest BCUT2D eigenvalue weighted by atomic mass is 35.5. The molecule has 0 spiro atoms. The van der Waals surface area contributed by atoms with E-state index in [2.05, 4.69) is 41.3 Å². The van der Waals surface area contributed by atoms with Gasteiger partial charge in [0.05, 0.1) is 13.2 Å². The predicted molar refractivity (Wildman–Crippen MR) is 113 cm³/mol. The second kappa shape index (κ2) is 11.2. The summed E-state index contributed by atoms with van der Waals surface area (Å²) in [4.78, 5) is 2.55. The molecule has 1 saturated heterocycles. The molecule has 1 aliphatic rings. The molecule has 146 valence electrons. The molecule has 0 aromatic heterocycles. The molecule has 4 heteroatoms. The van der Waals surface area contributed by atoms with E-state index in [1.165, 1.54) is 43.5 Å². The summed E-state index contributed by atoms with van der Waals surface area (Å²) < 4.78 is 11.6. The number of rotatable bonds is 10. The first-order valence-electron chi connectivity index (χ1n) is 10.1. The van der Waals surface area contributed by atoms with Crippen LogP contribution in [0.3, 0.4) is 0 Å². The maximum absolute atomic E-state index is 5.90. The van der Waals surface area contributed by atoms with Crippen LogP contribution in [0, 0.1) is 0 Å². The fourth-order valence-electron chi connectivity index (χ4n) is 3.39. The molecule has 0 amide bonds. The van der Waals surface area contributed by atoms with E-state index in [9.17, 15) is 0 Å². The summed E-state index contributed by atoms with van der Waals surface area (Å²) >= 11 is 5.67. The number of alkyl halides is 1. The van der Waals surface area contributed by atoms with Gasteiger partial charge >= 0.3 is 0 Å². The summed E-state index contributed by atoms with van der Waals surface area (Å²) in [6.45, 7) is 5.10. The van der Waals surface area contributed by atoms with Crippen molar-refractivity contribution in [2.75, 3.05) is 38.7 Å². The van der Waals surface area contributed by atoms with E-state index in [4.69, 9.17) is 21.1 Å². The van der Waals surface area contributed by atoms with Gasteiger partial charge in [0.15, 0.2) is 0 Å². The van der Waals surface area contributed by atoms with Crippen molar-refractivity contribution < 1.29 is 9.47 Å². The zero-order valence-electron chi connectivity index (χ0n) is 16.0. The largest absolute Gasteiger partial charge is 0.494 e. The van der Waals surface area contributed by atoms with E-state index in [0.717, 1.165) is 37.5 Å². The van der Waals surface area contributed by atoms with Crippen LogP contribution in [0.2, 0.25) is 0 Å². The molecule has 3 nitrogen and oxygen atoms in total. The Morgan fingerprint density at radius 1 is 0.704 bits per heavy atom. The second-order valence-corrected chi connectivity index (χ2v) is 7.42. The number of nitrogens with zero attached hydrogens (tertiary/aromatic N) is 1. The third-order valence-corrected chi connectivity index (χ3v) is 5.19. The molecule has 1 heterocycles. The summed E-state index contributed by atoms with van der Waals surface area (Å²) in [6.07, 6.45) is 6.05. The minimum Gasteiger partial charge on any atom is -0.494 e. The molecular formula is C23H30ClNO2. The van der Waals surface area contributed by atoms with E-state index < -0.39 is 0 Å². The third kappa shape index (κ3) is 6.75. The highest BCUT2D eigenvalue weighted by Gasteiger charge is 2.09. The van der Waals surface area contributed by atoms with Crippen molar-refractivity contribution in [3.63, 3.8) is 0 Å². The molecule has 0 atom stereocenters. The Kier molecular flexibility index (Phi) is 8.32. The first-order valence-corrected chi connectivity index (χ1v) is 10.6. The van der Waals surface area contributed by atoms with Crippen LogP contribution < -0.4 is 9.47 Å². The van der Waals surface area contributed by atoms with Gasteiger partial charge in [-0.3, -0.25) is 0 Å². The van der Waals surface area contributed by atoms with Crippen LogP contribution in [0.1, 0.15) is 32.1 Å². The molecule has 0 radical (unpaired) electrons. The van der Waals surface area contributed by atoms with Crippen LogP contribution in [-0.4, -0.2) is 43.6 Å². The van der Waals surface area contributed by atoms with Gasteiger partial charge in [-0.1, -0.05) is 30.7 Å². The maximum Gasteiger partial charge on any atom is 0.119 e. The molecule has 27 heavy (non-hydrogen) atoms. The second-order valence-electron chi connectivity index (χ2n) is 7.04. The van der Waals surface area contributed by atoms with Crippen LogP contribution in [0.4, 0.5) is 0 Å². The van der Waals surface area contributed by atoms with E-state index in [0.29, 0.717) is 12.5 Å². The van der Waals surface area contributed by atoms with Crippen molar-refractivity contribution in [1.29, 1.82) is 0 Å². The number of piperidine rings is 1. The van der Waals surface area contributed by atoms with Gasteiger partial charge in [0.25, 0.3) is 0 Å². The third-order valence-electron chi connectivity index (χ3n) is 4.92. The van der Waals surface area contributed by atoms with Crippen molar-refractivity contribution in [2.45, 2.75) is 32.1 Å². The Labute approximate surface area is 168 Å². The Morgan fingerprint density at radius 3 is 1.74 bits per heavy atom. The van der Waals surface area contributed by atoms with Crippen molar-refractivity contribution in [1.82, 2.24) is 4.90 Å². The van der Waals surface area contributed by atoms with Crippen LogP contribution >= 0.6 is 11.6 Å². The smallest absolute Gasteiger partial charge is 0.119 e. The first kappa shape index (κ1) is 20.0. The van der Waals surface area contributed by atoms with Crippen LogP contribution in [0.5, 0.6) is 11.5 Å². The molecule has 1 aliphatic heterocycles. The summed E-state index contributed by atoms with van der Waals surface area (Å²) in [5, 5.41) is 0. The molecule has 0 aliphatic carbocycles. The van der Waals surface area contributed by atoms with Gasteiger partial charge < -0.3 is 14.4 Å². The molecule has 3 rings (SSSR count). The van der Waals surface area contributed by atoms with Gasteiger partial charge in [0, 0.05) is 12.4 Å². The lowest BCUT2D eigenvalue weighted by Gasteiger charge is -2.26. The van der Waals surface area contributed by atoms with Gasteiger partial charge in [0.1, 0.15) is 11.5 Å². The van der Waals surface area contributed by atoms with Gasteiger partial charge in [-0.15, -0.1) is 11.6 Å². The predicted octanol–water partition coefficient (Wildman–Crippen LogP) is 5.62.